The van der Waals surface area contributed by atoms with E-state index in [0.29, 0.717) is 5.82 Å². The van der Waals surface area contributed by atoms with E-state index in [9.17, 15) is 4.21 Å². The Morgan fingerprint density at radius 2 is 2.08 bits per heavy atom. The SMILES string of the molecule is CC(C)(C)S(=O)Nc1ccccn1. The molecule has 4 heteroatoms. The molecular formula is C9H14N2OS. The number of hydrogen-bond donors (Lipinski definition) is 1. The van der Waals surface area contributed by atoms with Crippen molar-refractivity contribution in [2.24, 2.45) is 0 Å². The van der Waals surface area contributed by atoms with Gasteiger partial charge in [-0.3, -0.25) is 4.72 Å². The molecule has 1 atom stereocenters. The van der Waals surface area contributed by atoms with E-state index in [2.05, 4.69) is 9.71 Å². The van der Waals surface area contributed by atoms with Crippen molar-refractivity contribution in [3.8, 4) is 0 Å². The molecule has 1 rings (SSSR count). The van der Waals surface area contributed by atoms with Gasteiger partial charge in [0.15, 0.2) is 0 Å². The Labute approximate surface area is 81.2 Å². The van der Waals surface area contributed by atoms with Gasteiger partial charge in [-0.25, -0.2) is 9.19 Å². The van der Waals surface area contributed by atoms with E-state index in [1.165, 1.54) is 0 Å². The molecule has 0 aliphatic rings. The topological polar surface area (TPSA) is 42.0 Å². The average Bonchev–Trinajstić information content (AvgIpc) is 2.04. The number of nitrogens with one attached hydrogen (secondary N) is 1. The molecule has 0 saturated heterocycles. The molecule has 1 aromatic heterocycles. The summed E-state index contributed by atoms with van der Waals surface area (Å²) in [4.78, 5) is 4.03. The van der Waals surface area contributed by atoms with Crippen LogP contribution in [0.4, 0.5) is 5.82 Å². The molecule has 3 nitrogen and oxygen atoms in total. The fourth-order valence-electron chi connectivity index (χ4n) is 0.671. The first-order valence-corrected chi connectivity index (χ1v) is 5.25. The largest absolute Gasteiger partial charge is 0.289 e. The zero-order valence-electron chi connectivity index (χ0n) is 8.07. The van der Waals surface area contributed by atoms with Crippen LogP contribution >= 0.6 is 0 Å². The van der Waals surface area contributed by atoms with Gasteiger partial charge < -0.3 is 0 Å². The Kier molecular flexibility index (Phi) is 3.03. The lowest BCUT2D eigenvalue weighted by molar-refractivity contribution is 0.653. The third-order valence-corrected chi connectivity index (χ3v) is 2.93. The fourth-order valence-corrected chi connectivity index (χ4v) is 1.29. The van der Waals surface area contributed by atoms with Crippen LogP contribution in [0.3, 0.4) is 0 Å². The maximum absolute atomic E-state index is 11.6. The number of rotatable bonds is 2. The van der Waals surface area contributed by atoms with Gasteiger partial charge in [-0.1, -0.05) is 6.07 Å². The zero-order chi connectivity index (χ0) is 9.90. The molecule has 1 aromatic rings. The first-order valence-electron chi connectivity index (χ1n) is 4.10. The first kappa shape index (κ1) is 10.2. The normalized spacial score (nSPS) is 13.8. The van der Waals surface area contributed by atoms with Crippen molar-refractivity contribution < 1.29 is 4.21 Å². The molecule has 0 aliphatic heterocycles. The van der Waals surface area contributed by atoms with Gasteiger partial charge in [0, 0.05) is 6.20 Å². The molecule has 0 amide bonds. The molecule has 0 aromatic carbocycles. The predicted molar refractivity (Wildman–Crippen MR) is 55.8 cm³/mol. The van der Waals surface area contributed by atoms with Gasteiger partial charge in [0.25, 0.3) is 0 Å². The van der Waals surface area contributed by atoms with Crippen LogP contribution in [-0.2, 0) is 11.0 Å². The quantitative estimate of drug-likeness (QED) is 0.789. The van der Waals surface area contributed by atoms with Gasteiger partial charge in [0.05, 0.1) is 4.75 Å². The molecule has 0 spiro atoms. The van der Waals surface area contributed by atoms with Crippen molar-refractivity contribution in [1.29, 1.82) is 0 Å². The van der Waals surface area contributed by atoms with Gasteiger partial charge in [-0.2, -0.15) is 0 Å². The number of nitrogens with zero attached hydrogens (tertiary/aromatic N) is 1. The molecule has 0 aliphatic carbocycles. The Morgan fingerprint density at radius 3 is 2.54 bits per heavy atom. The maximum atomic E-state index is 11.6. The maximum Gasteiger partial charge on any atom is 0.137 e. The highest BCUT2D eigenvalue weighted by molar-refractivity contribution is 7.87. The Morgan fingerprint density at radius 1 is 1.38 bits per heavy atom. The third kappa shape index (κ3) is 3.14. The van der Waals surface area contributed by atoms with Gasteiger partial charge >= 0.3 is 0 Å². The number of aromatic nitrogens is 1. The third-order valence-electron chi connectivity index (χ3n) is 1.42. The summed E-state index contributed by atoms with van der Waals surface area (Å²) in [7, 11) is -1.10. The van der Waals surface area contributed by atoms with Gasteiger partial charge in [0.2, 0.25) is 0 Å². The minimum atomic E-state index is -1.10. The van der Waals surface area contributed by atoms with Crippen molar-refractivity contribution >= 4 is 16.8 Å². The van der Waals surface area contributed by atoms with E-state index in [1.54, 1.807) is 12.3 Å². The number of pyridine rings is 1. The molecule has 72 valence electrons. The summed E-state index contributed by atoms with van der Waals surface area (Å²) in [5.74, 6) is 0.649. The van der Waals surface area contributed by atoms with Crippen molar-refractivity contribution in [3.63, 3.8) is 0 Å². The van der Waals surface area contributed by atoms with Crippen LogP contribution < -0.4 is 4.72 Å². The van der Waals surface area contributed by atoms with Crippen molar-refractivity contribution in [2.45, 2.75) is 25.5 Å². The molecule has 13 heavy (non-hydrogen) atoms. The Balaban J connectivity index is 2.66. The monoisotopic (exact) mass is 198 g/mol. The number of hydrogen-bond acceptors (Lipinski definition) is 2. The highest BCUT2D eigenvalue weighted by Crippen LogP contribution is 2.13. The summed E-state index contributed by atoms with van der Waals surface area (Å²) in [5, 5.41) is 0. The van der Waals surface area contributed by atoms with Crippen LogP contribution in [0.5, 0.6) is 0 Å². The zero-order valence-corrected chi connectivity index (χ0v) is 8.89. The molecule has 1 heterocycles. The van der Waals surface area contributed by atoms with E-state index < -0.39 is 11.0 Å². The van der Waals surface area contributed by atoms with Crippen LogP contribution in [-0.4, -0.2) is 13.9 Å². The second kappa shape index (κ2) is 3.87. The molecule has 0 saturated carbocycles. The second-order valence-electron chi connectivity index (χ2n) is 3.70. The lowest BCUT2D eigenvalue weighted by atomic mass is 10.3. The summed E-state index contributed by atoms with van der Waals surface area (Å²) < 4.78 is 14.2. The summed E-state index contributed by atoms with van der Waals surface area (Å²) in [6.45, 7) is 5.75. The molecule has 1 N–H and O–H groups in total. The summed E-state index contributed by atoms with van der Waals surface area (Å²) >= 11 is 0. The molecule has 0 fully saturated rings. The van der Waals surface area contributed by atoms with Crippen LogP contribution in [0.2, 0.25) is 0 Å². The average molecular weight is 198 g/mol. The van der Waals surface area contributed by atoms with Crippen LogP contribution in [0, 0.1) is 0 Å². The summed E-state index contributed by atoms with van der Waals surface area (Å²) in [6.07, 6.45) is 1.67. The highest BCUT2D eigenvalue weighted by Gasteiger charge is 2.19. The second-order valence-corrected chi connectivity index (χ2v) is 5.66. The first-order chi connectivity index (χ1) is 6.00. The molecular weight excluding hydrogens is 184 g/mol. The predicted octanol–water partition coefficient (Wildman–Crippen LogP) is 1.96. The van der Waals surface area contributed by atoms with Crippen molar-refractivity contribution in [3.05, 3.63) is 24.4 Å². The Bertz CT molecular complexity index is 292. The number of anilines is 1. The summed E-state index contributed by atoms with van der Waals surface area (Å²) in [6, 6.07) is 5.48. The van der Waals surface area contributed by atoms with Crippen molar-refractivity contribution in [1.82, 2.24) is 4.98 Å². The van der Waals surface area contributed by atoms with E-state index in [0.717, 1.165) is 0 Å². The van der Waals surface area contributed by atoms with E-state index in [1.807, 2.05) is 32.9 Å². The lowest BCUT2D eigenvalue weighted by Gasteiger charge is -2.17. The van der Waals surface area contributed by atoms with Crippen molar-refractivity contribution in [2.75, 3.05) is 4.72 Å². The van der Waals surface area contributed by atoms with Crippen LogP contribution in [0.25, 0.3) is 0 Å². The lowest BCUT2D eigenvalue weighted by Crippen LogP contribution is -2.27. The van der Waals surface area contributed by atoms with Crippen LogP contribution in [0.1, 0.15) is 20.8 Å². The van der Waals surface area contributed by atoms with E-state index >= 15 is 0 Å². The molecule has 0 bridgehead atoms. The minimum absolute atomic E-state index is 0.266. The van der Waals surface area contributed by atoms with Gasteiger partial charge in [-0.05, 0) is 32.9 Å². The van der Waals surface area contributed by atoms with Crippen LogP contribution in [0.15, 0.2) is 24.4 Å². The van der Waals surface area contributed by atoms with E-state index in [4.69, 9.17) is 0 Å². The minimum Gasteiger partial charge on any atom is -0.289 e. The standard InChI is InChI=1S/C9H14N2OS/c1-9(2,3)13(12)11-8-6-4-5-7-10-8/h4-7H,1-3H3,(H,10,11). The van der Waals surface area contributed by atoms with Gasteiger partial charge in [0.1, 0.15) is 16.8 Å². The highest BCUT2D eigenvalue weighted by atomic mass is 32.2. The Hall–Kier alpha value is -0.900. The summed E-state index contributed by atoms with van der Waals surface area (Å²) in [5.41, 5.74) is 0. The van der Waals surface area contributed by atoms with E-state index in [-0.39, 0.29) is 4.75 Å². The smallest absolute Gasteiger partial charge is 0.137 e. The molecule has 0 radical (unpaired) electrons. The van der Waals surface area contributed by atoms with Gasteiger partial charge in [-0.15, -0.1) is 0 Å². The molecule has 1 unspecified atom stereocenters. The fraction of sp³-hybridized carbons (Fsp3) is 0.444.